The van der Waals surface area contributed by atoms with Gasteiger partial charge in [-0.15, -0.1) is 12.4 Å². The molecule has 24 heavy (non-hydrogen) atoms. The van der Waals surface area contributed by atoms with Crippen molar-refractivity contribution in [3.63, 3.8) is 0 Å². The topological polar surface area (TPSA) is 70.7 Å². The van der Waals surface area contributed by atoms with E-state index in [1.807, 2.05) is 29.2 Å². The SMILES string of the molecule is COc1ccccc1C1CNCCN1C(=O)C1CCNC(=O)C1.Cl. The van der Waals surface area contributed by atoms with E-state index in [0.29, 0.717) is 32.5 Å². The quantitative estimate of drug-likeness (QED) is 0.854. The van der Waals surface area contributed by atoms with Gasteiger partial charge in [-0.05, 0) is 12.5 Å². The predicted molar refractivity (Wildman–Crippen MR) is 93.3 cm³/mol. The van der Waals surface area contributed by atoms with Gasteiger partial charge in [-0.25, -0.2) is 0 Å². The van der Waals surface area contributed by atoms with Crippen molar-refractivity contribution in [3.8, 4) is 5.75 Å². The van der Waals surface area contributed by atoms with Gasteiger partial charge in [0.05, 0.1) is 13.2 Å². The second kappa shape index (κ2) is 8.35. The van der Waals surface area contributed by atoms with E-state index in [-0.39, 0.29) is 36.2 Å². The molecule has 6 nitrogen and oxygen atoms in total. The van der Waals surface area contributed by atoms with Crippen LogP contribution in [0.4, 0.5) is 0 Å². The summed E-state index contributed by atoms with van der Waals surface area (Å²) in [5, 5.41) is 6.14. The van der Waals surface area contributed by atoms with Crippen LogP contribution in [-0.4, -0.2) is 50.0 Å². The summed E-state index contributed by atoms with van der Waals surface area (Å²) in [5.41, 5.74) is 1.01. The number of rotatable bonds is 3. The Morgan fingerprint density at radius 3 is 2.83 bits per heavy atom. The second-order valence-corrected chi connectivity index (χ2v) is 6.03. The molecule has 3 rings (SSSR count). The number of carbonyl (C=O) groups excluding carboxylic acids is 2. The number of methoxy groups -OCH3 is 1. The van der Waals surface area contributed by atoms with Gasteiger partial charge < -0.3 is 20.3 Å². The number of nitrogens with one attached hydrogen (secondary N) is 2. The van der Waals surface area contributed by atoms with Crippen LogP contribution in [0.2, 0.25) is 0 Å². The Morgan fingerprint density at radius 2 is 2.08 bits per heavy atom. The lowest BCUT2D eigenvalue weighted by molar-refractivity contribution is -0.143. The maximum absolute atomic E-state index is 13.0. The third-order valence-electron chi connectivity index (χ3n) is 4.62. The third kappa shape index (κ3) is 3.82. The summed E-state index contributed by atoms with van der Waals surface area (Å²) >= 11 is 0. The Bertz CT molecular complexity index is 596. The number of ether oxygens (including phenoxy) is 1. The molecule has 2 amide bonds. The van der Waals surface area contributed by atoms with Crippen LogP contribution in [0.25, 0.3) is 0 Å². The molecule has 7 heteroatoms. The molecule has 2 aliphatic heterocycles. The van der Waals surface area contributed by atoms with Crippen LogP contribution in [0.5, 0.6) is 5.75 Å². The van der Waals surface area contributed by atoms with Crippen LogP contribution in [0.3, 0.4) is 0 Å². The van der Waals surface area contributed by atoms with Crippen LogP contribution in [0.1, 0.15) is 24.4 Å². The number of piperazine rings is 1. The Hall–Kier alpha value is -1.79. The number of hydrogen-bond donors (Lipinski definition) is 2. The molecule has 2 saturated heterocycles. The summed E-state index contributed by atoms with van der Waals surface area (Å²) in [7, 11) is 1.65. The third-order valence-corrected chi connectivity index (χ3v) is 4.62. The molecule has 0 saturated carbocycles. The number of para-hydroxylation sites is 1. The second-order valence-electron chi connectivity index (χ2n) is 6.03. The number of amides is 2. The van der Waals surface area contributed by atoms with Gasteiger partial charge in [0.15, 0.2) is 0 Å². The van der Waals surface area contributed by atoms with Crippen molar-refractivity contribution in [3.05, 3.63) is 29.8 Å². The Morgan fingerprint density at radius 1 is 1.29 bits per heavy atom. The van der Waals surface area contributed by atoms with E-state index in [2.05, 4.69) is 10.6 Å². The smallest absolute Gasteiger partial charge is 0.226 e. The summed E-state index contributed by atoms with van der Waals surface area (Å²) < 4.78 is 5.46. The summed E-state index contributed by atoms with van der Waals surface area (Å²) in [6, 6.07) is 7.75. The summed E-state index contributed by atoms with van der Waals surface area (Å²) in [5.74, 6) is 0.635. The lowest BCUT2D eigenvalue weighted by Gasteiger charge is -2.39. The maximum Gasteiger partial charge on any atom is 0.226 e. The number of benzene rings is 1. The van der Waals surface area contributed by atoms with Crippen LogP contribution in [0.15, 0.2) is 24.3 Å². The molecule has 0 spiro atoms. The summed E-state index contributed by atoms with van der Waals surface area (Å²) in [6.45, 7) is 2.71. The minimum atomic E-state index is -0.209. The van der Waals surface area contributed by atoms with Crippen molar-refractivity contribution >= 4 is 24.2 Å². The molecule has 1 aromatic carbocycles. The van der Waals surface area contributed by atoms with Gasteiger partial charge in [-0.3, -0.25) is 9.59 Å². The highest BCUT2D eigenvalue weighted by Crippen LogP contribution is 2.32. The Labute approximate surface area is 148 Å². The molecule has 0 bridgehead atoms. The van der Waals surface area contributed by atoms with E-state index in [4.69, 9.17) is 4.74 Å². The van der Waals surface area contributed by atoms with Crippen molar-refractivity contribution < 1.29 is 14.3 Å². The zero-order valence-corrected chi connectivity index (χ0v) is 14.6. The van der Waals surface area contributed by atoms with Crippen molar-refractivity contribution in [2.24, 2.45) is 5.92 Å². The largest absolute Gasteiger partial charge is 0.496 e. The monoisotopic (exact) mass is 353 g/mol. The van der Waals surface area contributed by atoms with Gasteiger partial charge in [-0.2, -0.15) is 0 Å². The minimum absolute atomic E-state index is 0. The number of carbonyl (C=O) groups is 2. The first-order valence-electron chi connectivity index (χ1n) is 8.11. The lowest BCUT2D eigenvalue weighted by atomic mass is 9.93. The molecule has 2 aliphatic rings. The van der Waals surface area contributed by atoms with Crippen LogP contribution >= 0.6 is 12.4 Å². The minimum Gasteiger partial charge on any atom is -0.496 e. The molecule has 2 heterocycles. The molecular formula is C17H24ClN3O3. The van der Waals surface area contributed by atoms with E-state index in [9.17, 15) is 9.59 Å². The van der Waals surface area contributed by atoms with Crippen LogP contribution < -0.4 is 15.4 Å². The van der Waals surface area contributed by atoms with Crippen molar-refractivity contribution in [1.29, 1.82) is 0 Å². The summed E-state index contributed by atoms with van der Waals surface area (Å²) in [4.78, 5) is 26.5. The number of hydrogen-bond acceptors (Lipinski definition) is 4. The van der Waals surface area contributed by atoms with Gasteiger partial charge in [-0.1, -0.05) is 18.2 Å². The molecule has 2 unspecified atom stereocenters. The molecule has 0 radical (unpaired) electrons. The fraction of sp³-hybridized carbons (Fsp3) is 0.529. The number of piperidine rings is 1. The van der Waals surface area contributed by atoms with Gasteiger partial charge >= 0.3 is 0 Å². The fourth-order valence-electron chi connectivity index (χ4n) is 3.42. The van der Waals surface area contributed by atoms with E-state index < -0.39 is 0 Å². The molecule has 2 atom stereocenters. The highest BCUT2D eigenvalue weighted by atomic mass is 35.5. The Kier molecular flexibility index (Phi) is 6.45. The van der Waals surface area contributed by atoms with Gasteiger partial charge in [0.25, 0.3) is 0 Å². The fourth-order valence-corrected chi connectivity index (χ4v) is 3.42. The molecule has 1 aromatic rings. The highest BCUT2D eigenvalue weighted by Gasteiger charge is 2.35. The van der Waals surface area contributed by atoms with Gasteiger partial charge in [0.2, 0.25) is 11.8 Å². The average molecular weight is 354 g/mol. The first-order valence-corrected chi connectivity index (χ1v) is 8.11. The summed E-state index contributed by atoms with van der Waals surface area (Å²) in [6.07, 6.45) is 1.01. The number of nitrogens with zero attached hydrogens (tertiary/aromatic N) is 1. The van der Waals surface area contributed by atoms with E-state index in [1.54, 1.807) is 7.11 Å². The van der Waals surface area contributed by atoms with E-state index in [0.717, 1.165) is 17.9 Å². The zero-order chi connectivity index (χ0) is 16.2. The van der Waals surface area contributed by atoms with Crippen molar-refractivity contribution in [1.82, 2.24) is 15.5 Å². The van der Waals surface area contributed by atoms with E-state index >= 15 is 0 Å². The normalized spacial score (nSPS) is 23.9. The molecule has 0 aliphatic carbocycles. The lowest BCUT2D eigenvalue weighted by Crippen LogP contribution is -2.52. The predicted octanol–water partition coefficient (Wildman–Crippen LogP) is 1.12. The first-order chi connectivity index (χ1) is 11.2. The van der Waals surface area contributed by atoms with Gasteiger partial charge in [0.1, 0.15) is 5.75 Å². The van der Waals surface area contributed by atoms with Crippen molar-refractivity contribution in [2.45, 2.75) is 18.9 Å². The van der Waals surface area contributed by atoms with Crippen molar-refractivity contribution in [2.75, 3.05) is 33.3 Å². The zero-order valence-electron chi connectivity index (χ0n) is 13.8. The molecule has 2 fully saturated rings. The first kappa shape index (κ1) is 18.5. The highest BCUT2D eigenvalue weighted by molar-refractivity contribution is 5.87. The molecule has 132 valence electrons. The standard InChI is InChI=1S/C17H23N3O3.ClH/c1-23-15-5-3-2-4-13(15)14-11-18-8-9-20(14)17(22)12-6-7-19-16(21)10-12;/h2-5,12,14,18H,6-11H2,1H3,(H,19,21);1H. The number of halogens is 1. The molecular weight excluding hydrogens is 330 g/mol. The van der Waals surface area contributed by atoms with Crippen LogP contribution in [0, 0.1) is 5.92 Å². The van der Waals surface area contributed by atoms with E-state index in [1.165, 1.54) is 0 Å². The van der Waals surface area contributed by atoms with Crippen LogP contribution in [-0.2, 0) is 9.59 Å². The van der Waals surface area contributed by atoms with Gasteiger partial charge in [0, 0.05) is 44.1 Å². The molecule has 0 aromatic heterocycles. The molecule has 2 N–H and O–H groups in total. The maximum atomic E-state index is 13.0. The average Bonchev–Trinajstić information content (AvgIpc) is 2.61. The Balaban J connectivity index is 0.00000208.